The van der Waals surface area contributed by atoms with E-state index >= 15 is 0 Å². The SMILES string of the molecule is CCOC(=O)c1c(C)oc(NC(=O)C2CCCCC2)c1C(=O)OCC. The highest BCUT2D eigenvalue weighted by Crippen LogP contribution is 2.31. The van der Waals surface area contributed by atoms with Crippen LogP contribution in [0.4, 0.5) is 5.88 Å². The van der Waals surface area contributed by atoms with E-state index in [0.717, 1.165) is 32.1 Å². The van der Waals surface area contributed by atoms with Crippen molar-refractivity contribution >= 4 is 23.7 Å². The predicted molar refractivity (Wildman–Crippen MR) is 90.6 cm³/mol. The Morgan fingerprint density at radius 1 is 1.00 bits per heavy atom. The van der Waals surface area contributed by atoms with E-state index < -0.39 is 11.9 Å². The summed E-state index contributed by atoms with van der Waals surface area (Å²) >= 11 is 0. The zero-order valence-electron chi connectivity index (χ0n) is 15.0. The van der Waals surface area contributed by atoms with E-state index in [1.807, 2.05) is 0 Å². The number of furan rings is 1. The van der Waals surface area contributed by atoms with E-state index in [9.17, 15) is 14.4 Å². The van der Waals surface area contributed by atoms with Crippen molar-refractivity contribution < 1.29 is 28.3 Å². The van der Waals surface area contributed by atoms with Crippen molar-refractivity contribution in [2.24, 2.45) is 5.92 Å². The number of anilines is 1. The first kappa shape index (κ1) is 19.0. The highest BCUT2D eigenvalue weighted by molar-refractivity contribution is 6.09. The monoisotopic (exact) mass is 351 g/mol. The molecule has 1 saturated carbocycles. The van der Waals surface area contributed by atoms with Crippen molar-refractivity contribution in [1.82, 2.24) is 0 Å². The van der Waals surface area contributed by atoms with Gasteiger partial charge in [0.1, 0.15) is 16.9 Å². The minimum atomic E-state index is -0.721. The van der Waals surface area contributed by atoms with Gasteiger partial charge in [0.25, 0.3) is 0 Å². The van der Waals surface area contributed by atoms with Crippen LogP contribution < -0.4 is 5.32 Å². The van der Waals surface area contributed by atoms with Crippen LogP contribution in [0.2, 0.25) is 0 Å². The molecule has 1 fully saturated rings. The van der Waals surface area contributed by atoms with Gasteiger partial charge in [0, 0.05) is 5.92 Å². The fourth-order valence-corrected chi connectivity index (χ4v) is 3.06. The lowest BCUT2D eigenvalue weighted by atomic mass is 9.88. The van der Waals surface area contributed by atoms with E-state index in [-0.39, 0.29) is 47.8 Å². The molecule has 1 aliphatic carbocycles. The number of carbonyl (C=O) groups excluding carboxylic acids is 3. The second kappa shape index (κ2) is 8.69. The molecule has 7 heteroatoms. The van der Waals surface area contributed by atoms with Gasteiger partial charge in [0.05, 0.1) is 13.2 Å². The number of aryl methyl sites for hydroxylation is 1. The summed E-state index contributed by atoms with van der Waals surface area (Å²) in [5, 5.41) is 2.66. The van der Waals surface area contributed by atoms with Crippen LogP contribution in [0.1, 0.15) is 72.4 Å². The molecule has 1 aromatic heterocycles. The number of amides is 1. The standard InChI is InChI=1S/C18H25NO6/c1-4-23-17(21)13-11(3)25-16(14(13)18(22)24-5-2)19-15(20)12-9-7-6-8-10-12/h12H,4-10H2,1-3H3,(H,19,20). The molecule has 0 spiro atoms. The third-order valence-electron chi connectivity index (χ3n) is 4.26. The molecule has 0 radical (unpaired) electrons. The van der Waals surface area contributed by atoms with Gasteiger partial charge < -0.3 is 13.9 Å². The summed E-state index contributed by atoms with van der Waals surface area (Å²) in [4.78, 5) is 37.0. The molecular weight excluding hydrogens is 326 g/mol. The van der Waals surface area contributed by atoms with E-state index in [4.69, 9.17) is 13.9 Å². The molecule has 0 atom stereocenters. The lowest BCUT2D eigenvalue weighted by Gasteiger charge is -2.20. The van der Waals surface area contributed by atoms with Crippen molar-refractivity contribution in [1.29, 1.82) is 0 Å². The Morgan fingerprint density at radius 2 is 1.56 bits per heavy atom. The number of ether oxygens (including phenoxy) is 2. The van der Waals surface area contributed by atoms with E-state index in [0.29, 0.717) is 0 Å². The molecule has 138 valence electrons. The maximum atomic E-state index is 12.5. The molecule has 7 nitrogen and oxygen atoms in total. The molecule has 1 heterocycles. The average molecular weight is 351 g/mol. The molecule has 25 heavy (non-hydrogen) atoms. The first-order chi connectivity index (χ1) is 12.0. The van der Waals surface area contributed by atoms with Gasteiger partial charge in [0.15, 0.2) is 0 Å². The molecule has 0 aliphatic heterocycles. The molecule has 1 aromatic rings. The van der Waals surface area contributed by atoms with Crippen molar-refractivity contribution in [3.05, 3.63) is 16.9 Å². The van der Waals surface area contributed by atoms with Crippen LogP contribution in [-0.4, -0.2) is 31.1 Å². The van der Waals surface area contributed by atoms with Crippen molar-refractivity contribution in [2.45, 2.75) is 52.9 Å². The predicted octanol–water partition coefficient (Wildman–Crippen LogP) is 3.46. The van der Waals surface area contributed by atoms with E-state index in [1.165, 1.54) is 0 Å². The Morgan fingerprint density at radius 3 is 2.12 bits per heavy atom. The smallest absolute Gasteiger partial charge is 0.344 e. The van der Waals surface area contributed by atoms with Gasteiger partial charge in [-0.25, -0.2) is 9.59 Å². The van der Waals surface area contributed by atoms with Gasteiger partial charge in [-0.3, -0.25) is 10.1 Å². The Labute approximate surface area is 147 Å². The second-order valence-corrected chi connectivity index (χ2v) is 6.00. The number of carbonyl (C=O) groups is 3. The average Bonchev–Trinajstić information content (AvgIpc) is 2.92. The van der Waals surface area contributed by atoms with Gasteiger partial charge in [0.2, 0.25) is 11.8 Å². The van der Waals surface area contributed by atoms with Crippen LogP contribution in [-0.2, 0) is 14.3 Å². The maximum Gasteiger partial charge on any atom is 0.344 e. The highest BCUT2D eigenvalue weighted by Gasteiger charge is 2.32. The highest BCUT2D eigenvalue weighted by atomic mass is 16.5. The molecule has 1 amide bonds. The largest absolute Gasteiger partial charge is 0.462 e. The maximum absolute atomic E-state index is 12.5. The van der Waals surface area contributed by atoms with Crippen LogP contribution >= 0.6 is 0 Å². The lowest BCUT2D eigenvalue weighted by Crippen LogP contribution is -2.25. The topological polar surface area (TPSA) is 94.8 Å². The van der Waals surface area contributed by atoms with Gasteiger partial charge in [-0.1, -0.05) is 19.3 Å². The number of rotatable bonds is 6. The minimum absolute atomic E-state index is 0.000700. The Bertz CT molecular complexity index is 642. The minimum Gasteiger partial charge on any atom is -0.462 e. The molecule has 2 rings (SSSR count). The van der Waals surface area contributed by atoms with Gasteiger partial charge in [-0.2, -0.15) is 0 Å². The number of hydrogen-bond acceptors (Lipinski definition) is 6. The van der Waals surface area contributed by atoms with E-state index in [1.54, 1.807) is 20.8 Å². The number of nitrogens with one attached hydrogen (secondary N) is 1. The summed E-state index contributed by atoms with van der Waals surface area (Å²) < 4.78 is 15.5. The van der Waals surface area contributed by atoms with Crippen LogP contribution in [0.15, 0.2) is 4.42 Å². The van der Waals surface area contributed by atoms with Crippen LogP contribution in [0.3, 0.4) is 0 Å². The van der Waals surface area contributed by atoms with Gasteiger partial charge >= 0.3 is 11.9 Å². The third-order valence-corrected chi connectivity index (χ3v) is 4.26. The summed E-state index contributed by atoms with van der Waals surface area (Å²) in [6.07, 6.45) is 4.77. The van der Waals surface area contributed by atoms with Crippen LogP contribution in [0.25, 0.3) is 0 Å². The zero-order chi connectivity index (χ0) is 18.4. The van der Waals surface area contributed by atoms with E-state index in [2.05, 4.69) is 5.32 Å². The first-order valence-electron chi connectivity index (χ1n) is 8.78. The summed E-state index contributed by atoms with van der Waals surface area (Å²) in [6, 6.07) is 0. The van der Waals surface area contributed by atoms with Crippen molar-refractivity contribution in [3.63, 3.8) is 0 Å². The molecule has 0 saturated heterocycles. The summed E-state index contributed by atoms with van der Waals surface area (Å²) in [5.41, 5.74) is -0.0822. The van der Waals surface area contributed by atoms with Crippen molar-refractivity contribution in [2.75, 3.05) is 18.5 Å². The Kier molecular flexibility index (Phi) is 6.61. The Balaban J connectivity index is 2.32. The molecule has 0 aromatic carbocycles. The zero-order valence-corrected chi connectivity index (χ0v) is 15.0. The molecule has 1 N–H and O–H groups in total. The van der Waals surface area contributed by atoms with Gasteiger partial charge in [-0.05, 0) is 33.6 Å². The van der Waals surface area contributed by atoms with Crippen molar-refractivity contribution in [3.8, 4) is 0 Å². The first-order valence-corrected chi connectivity index (χ1v) is 8.78. The van der Waals surface area contributed by atoms with Crippen LogP contribution in [0, 0.1) is 12.8 Å². The second-order valence-electron chi connectivity index (χ2n) is 6.00. The lowest BCUT2D eigenvalue weighted by molar-refractivity contribution is -0.120. The quantitative estimate of drug-likeness (QED) is 0.789. The van der Waals surface area contributed by atoms with Gasteiger partial charge in [-0.15, -0.1) is 0 Å². The fourth-order valence-electron chi connectivity index (χ4n) is 3.06. The molecule has 0 unspecified atom stereocenters. The summed E-state index contributed by atoms with van der Waals surface area (Å²) in [6.45, 7) is 5.18. The summed E-state index contributed by atoms with van der Waals surface area (Å²) in [5.74, 6) is -1.55. The molecule has 1 aliphatic rings. The van der Waals surface area contributed by atoms with Crippen LogP contribution in [0.5, 0.6) is 0 Å². The number of esters is 2. The molecule has 0 bridgehead atoms. The number of hydrogen-bond donors (Lipinski definition) is 1. The Hall–Kier alpha value is -2.31. The fraction of sp³-hybridized carbons (Fsp3) is 0.611. The third kappa shape index (κ3) is 4.41. The molecular formula is C18H25NO6. The normalized spacial score (nSPS) is 14.8. The summed E-state index contributed by atoms with van der Waals surface area (Å²) in [7, 11) is 0.